The maximum Gasteiger partial charge on any atom is 0.313 e. The lowest BCUT2D eigenvalue weighted by Crippen LogP contribution is -2.36. The zero-order chi connectivity index (χ0) is 17.4. The predicted octanol–water partition coefficient (Wildman–Crippen LogP) is 2.44. The number of amides is 2. The van der Waals surface area contributed by atoms with Crippen molar-refractivity contribution in [3.05, 3.63) is 65.2 Å². The smallest absolute Gasteiger partial charge is 0.313 e. The molecule has 0 radical (unpaired) electrons. The van der Waals surface area contributed by atoms with E-state index in [2.05, 4.69) is 16.7 Å². The minimum Gasteiger partial charge on any atom is -0.380 e. The van der Waals surface area contributed by atoms with Crippen molar-refractivity contribution in [3.63, 3.8) is 0 Å². The molecule has 0 atom stereocenters. The largest absolute Gasteiger partial charge is 0.380 e. The highest BCUT2D eigenvalue weighted by atomic mass is 16.5. The summed E-state index contributed by atoms with van der Waals surface area (Å²) in [6.45, 7) is 2.89. The number of hydrogen-bond acceptors (Lipinski definition) is 3. The molecule has 0 aliphatic heterocycles. The molecule has 5 heteroatoms. The number of rotatable bonds is 6. The second-order valence-electron chi connectivity index (χ2n) is 5.58. The Kier molecular flexibility index (Phi) is 6.51. The number of carbonyl (C=O) groups excluding carboxylic acids is 2. The molecule has 0 aromatic heterocycles. The van der Waals surface area contributed by atoms with Crippen molar-refractivity contribution in [2.75, 3.05) is 19.0 Å². The highest BCUT2D eigenvalue weighted by Gasteiger charge is 2.13. The summed E-state index contributed by atoms with van der Waals surface area (Å²) in [6.07, 6.45) is 0.685. The average Bonchev–Trinajstić information content (AvgIpc) is 2.55. The fourth-order valence-corrected chi connectivity index (χ4v) is 2.36. The van der Waals surface area contributed by atoms with Gasteiger partial charge in [-0.3, -0.25) is 9.59 Å². The first-order chi connectivity index (χ1) is 11.6. The zero-order valence-electron chi connectivity index (χ0n) is 14.0. The highest BCUT2D eigenvalue weighted by Crippen LogP contribution is 2.11. The quantitative estimate of drug-likeness (QED) is 0.801. The van der Waals surface area contributed by atoms with E-state index in [-0.39, 0.29) is 0 Å². The van der Waals surface area contributed by atoms with Gasteiger partial charge in [-0.05, 0) is 36.6 Å². The Hall–Kier alpha value is -2.66. The number of anilines is 1. The van der Waals surface area contributed by atoms with E-state index in [1.54, 1.807) is 25.3 Å². The van der Waals surface area contributed by atoms with E-state index < -0.39 is 11.8 Å². The Morgan fingerprint density at radius 3 is 2.50 bits per heavy atom. The minimum atomic E-state index is -0.672. The third kappa shape index (κ3) is 5.52. The molecule has 5 nitrogen and oxygen atoms in total. The third-order valence-electron chi connectivity index (χ3n) is 3.48. The van der Waals surface area contributed by atoms with Gasteiger partial charge in [-0.1, -0.05) is 42.0 Å². The van der Waals surface area contributed by atoms with E-state index in [0.29, 0.717) is 25.3 Å². The predicted molar refractivity (Wildman–Crippen MR) is 93.7 cm³/mol. The number of aryl methyl sites for hydroxylation is 1. The number of hydrogen-bond donors (Lipinski definition) is 2. The molecule has 2 amide bonds. The van der Waals surface area contributed by atoms with Crippen LogP contribution in [0.15, 0.2) is 48.5 Å². The number of nitrogens with one attached hydrogen (secondary N) is 2. The van der Waals surface area contributed by atoms with Gasteiger partial charge in [-0.25, -0.2) is 0 Å². The van der Waals surface area contributed by atoms with Gasteiger partial charge < -0.3 is 15.4 Å². The topological polar surface area (TPSA) is 67.4 Å². The molecule has 2 aromatic carbocycles. The number of ether oxygens (including phenoxy) is 1. The van der Waals surface area contributed by atoms with Crippen LogP contribution in [0.3, 0.4) is 0 Å². The van der Waals surface area contributed by atoms with Crippen LogP contribution in [-0.2, 0) is 27.4 Å². The van der Waals surface area contributed by atoms with E-state index in [1.165, 1.54) is 5.56 Å². The molecule has 0 saturated carbocycles. The van der Waals surface area contributed by atoms with E-state index in [4.69, 9.17) is 4.74 Å². The summed E-state index contributed by atoms with van der Waals surface area (Å²) >= 11 is 0. The second kappa shape index (κ2) is 8.84. The van der Waals surface area contributed by atoms with Crippen LogP contribution in [0.2, 0.25) is 0 Å². The van der Waals surface area contributed by atoms with Crippen molar-refractivity contribution in [3.8, 4) is 0 Å². The van der Waals surface area contributed by atoms with Crippen molar-refractivity contribution >= 4 is 17.5 Å². The van der Waals surface area contributed by atoms with Crippen LogP contribution in [0.5, 0.6) is 0 Å². The molecule has 126 valence electrons. The van der Waals surface area contributed by atoms with Gasteiger partial charge in [0.25, 0.3) is 0 Å². The van der Waals surface area contributed by atoms with Crippen molar-refractivity contribution in [1.29, 1.82) is 0 Å². The Balaban J connectivity index is 1.81. The average molecular weight is 326 g/mol. The SMILES string of the molecule is COCc1cccc(NC(=O)C(=O)NCCc2cccc(C)c2)c1. The van der Waals surface area contributed by atoms with Crippen LogP contribution >= 0.6 is 0 Å². The molecule has 0 fully saturated rings. The standard InChI is InChI=1S/C19H22N2O3/c1-14-5-3-6-15(11-14)9-10-20-18(22)19(23)21-17-8-4-7-16(12-17)13-24-2/h3-8,11-12H,9-10,13H2,1-2H3,(H,20,22)(H,21,23). The monoisotopic (exact) mass is 326 g/mol. The molecule has 0 saturated heterocycles. The first kappa shape index (κ1) is 17.7. The summed E-state index contributed by atoms with van der Waals surface area (Å²) in [4.78, 5) is 23.8. The molecule has 0 spiro atoms. The number of carbonyl (C=O) groups is 2. The zero-order valence-corrected chi connectivity index (χ0v) is 14.0. The van der Waals surface area contributed by atoms with Crippen LogP contribution in [0.25, 0.3) is 0 Å². The van der Waals surface area contributed by atoms with E-state index in [1.807, 2.05) is 31.2 Å². The van der Waals surface area contributed by atoms with Gasteiger partial charge in [-0.2, -0.15) is 0 Å². The molecule has 2 rings (SSSR count). The maximum atomic E-state index is 11.9. The van der Waals surface area contributed by atoms with Crippen molar-refractivity contribution in [1.82, 2.24) is 5.32 Å². The van der Waals surface area contributed by atoms with E-state index in [0.717, 1.165) is 11.1 Å². The molecule has 0 bridgehead atoms. The van der Waals surface area contributed by atoms with Crippen LogP contribution in [0.1, 0.15) is 16.7 Å². The van der Waals surface area contributed by atoms with E-state index >= 15 is 0 Å². The molecule has 0 heterocycles. The maximum absolute atomic E-state index is 11.9. The Bertz CT molecular complexity index is 713. The number of methoxy groups -OCH3 is 1. The lowest BCUT2D eigenvalue weighted by molar-refractivity contribution is -0.136. The summed E-state index contributed by atoms with van der Waals surface area (Å²) in [5.74, 6) is -1.31. The van der Waals surface area contributed by atoms with Gasteiger partial charge in [0.1, 0.15) is 0 Å². The third-order valence-corrected chi connectivity index (χ3v) is 3.48. The normalized spacial score (nSPS) is 10.2. The fourth-order valence-electron chi connectivity index (χ4n) is 2.36. The Morgan fingerprint density at radius 1 is 1.00 bits per heavy atom. The second-order valence-corrected chi connectivity index (χ2v) is 5.58. The molecular formula is C19H22N2O3. The first-order valence-electron chi connectivity index (χ1n) is 7.81. The summed E-state index contributed by atoms with van der Waals surface area (Å²) < 4.78 is 5.05. The van der Waals surface area contributed by atoms with Crippen molar-refractivity contribution in [2.45, 2.75) is 20.0 Å². The lowest BCUT2D eigenvalue weighted by Gasteiger charge is -2.08. The van der Waals surface area contributed by atoms with Gasteiger partial charge in [0.15, 0.2) is 0 Å². The Labute approximate surface area is 142 Å². The number of benzene rings is 2. The molecule has 2 N–H and O–H groups in total. The molecule has 2 aromatic rings. The van der Waals surface area contributed by atoms with Crippen molar-refractivity contribution < 1.29 is 14.3 Å². The van der Waals surface area contributed by atoms with Crippen LogP contribution in [0.4, 0.5) is 5.69 Å². The Morgan fingerprint density at radius 2 is 1.75 bits per heavy atom. The van der Waals surface area contributed by atoms with Crippen LogP contribution in [-0.4, -0.2) is 25.5 Å². The highest BCUT2D eigenvalue weighted by molar-refractivity contribution is 6.39. The van der Waals surface area contributed by atoms with Gasteiger partial charge in [0.2, 0.25) is 0 Å². The van der Waals surface area contributed by atoms with Gasteiger partial charge >= 0.3 is 11.8 Å². The van der Waals surface area contributed by atoms with Gasteiger partial charge in [0, 0.05) is 19.3 Å². The molecule has 0 aliphatic rings. The molecule has 24 heavy (non-hydrogen) atoms. The minimum absolute atomic E-state index is 0.416. The first-order valence-corrected chi connectivity index (χ1v) is 7.81. The molecular weight excluding hydrogens is 304 g/mol. The molecule has 0 unspecified atom stereocenters. The lowest BCUT2D eigenvalue weighted by atomic mass is 10.1. The van der Waals surface area contributed by atoms with Gasteiger partial charge in [-0.15, -0.1) is 0 Å². The van der Waals surface area contributed by atoms with Crippen LogP contribution < -0.4 is 10.6 Å². The summed E-state index contributed by atoms with van der Waals surface area (Å²) in [5.41, 5.74) is 3.80. The van der Waals surface area contributed by atoms with E-state index in [9.17, 15) is 9.59 Å². The fraction of sp³-hybridized carbons (Fsp3) is 0.263. The van der Waals surface area contributed by atoms with Gasteiger partial charge in [0.05, 0.1) is 6.61 Å². The van der Waals surface area contributed by atoms with Crippen LogP contribution in [0, 0.1) is 6.92 Å². The molecule has 0 aliphatic carbocycles. The van der Waals surface area contributed by atoms with Crippen molar-refractivity contribution in [2.24, 2.45) is 0 Å². The summed E-state index contributed by atoms with van der Waals surface area (Å²) in [6, 6.07) is 15.3. The summed E-state index contributed by atoms with van der Waals surface area (Å²) in [7, 11) is 1.60. The summed E-state index contributed by atoms with van der Waals surface area (Å²) in [5, 5.41) is 5.23.